The van der Waals surface area contributed by atoms with Crippen LogP contribution in [0.2, 0.25) is 0 Å². The molecule has 1 N–H and O–H groups in total. The number of aliphatic hydroxyl groups excluding tert-OH is 1. The molecule has 3 aromatic rings. The smallest absolute Gasteiger partial charge is 0.350 e. The number of methoxy groups -OCH3 is 2. The second-order valence-electron chi connectivity index (χ2n) is 9.50. The van der Waals surface area contributed by atoms with Crippen molar-refractivity contribution in [3.8, 4) is 17.2 Å². The van der Waals surface area contributed by atoms with Gasteiger partial charge in [0.05, 0.1) is 44.7 Å². The van der Waals surface area contributed by atoms with Crippen molar-refractivity contribution < 1.29 is 38.4 Å². The lowest BCUT2D eigenvalue weighted by Crippen LogP contribution is -2.29. The summed E-state index contributed by atoms with van der Waals surface area (Å²) in [5, 5.41) is 11.6. The van der Waals surface area contributed by atoms with Crippen molar-refractivity contribution in [3.63, 3.8) is 0 Å². The molecule has 0 aliphatic carbocycles. The third-order valence-corrected chi connectivity index (χ3v) is 7.89. The molecule has 1 atom stereocenters. The van der Waals surface area contributed by atoms with Gasteiger partial charge in [-0.25, -0.2) is 9.78 Å². The highest BCUT2D eigenvalue weighted by atomic mass is 32.1. The van der Waals surface area contributed by atoms with Crippen LogP contribution in [0.15, 0.2) is 48.0 Å². The summed E-state index contributed by atoms with van der Waals surface area (Å²) in [6.07, 6.45) is 2.97. The number of esters is 1. The normalized spacial score (nSPS) is 16.0. The first-order valence-electron chi connectivity index (χ1n) is 13.7. The van der Waals surface area contributed by atoms with Crippen LogP contribution in [0.5, 0.6) is 17.2 Å². The van der Waals surface area contributed by atoms with Crippen LogP contribution in [0, 0.1) is 6.92 Å². The Balaban J connectivity index is 1.88. The maximum absolute atomic E-state index is 13.6. The van der Waals surface area contributed by atoms with Crippen LogP contribution in [-0.4, -0.2) is 55.2 Å². The zero-order chi connectivity index (χ0) is 30.4. The number of carbonyl (C=O) groups is 3. The predicted octanol–water partition coefficient (Wildman–Crippen LogP) is 5.84. The molecular weight excluding hydrogens is 560 g/mol. The van der Waals surface area contributed by atoms with E-state index < -0.39 is 23.7 Å². The predicted molar refractivity (Wildman–Crippen MR) is 159 cm³/mol. The number of benzene rings is 2. The van der Waals surface area contributed by atoms with Crippen molar-refractivity contribution in [2.45, 2.75) is 46.1 Å². The number of Topliss-reactive ketones (excluding diaryl/α,β-unsaturated/α-hetero) is 1. The third kappa shape index (κ3) is 6.11. The first-order valence-corrected chi connectivity index (χ1v) is 14.5. The Bertz CT molecular complexity index is 1510. The largest absolute Gasteiger partial charge is 0.507 e. The van der Waals surface area contributed by atoms with E-state index in [-0.39, 0.29) is 27.9 Å². The highest BCUT2D eigenvalue weighted by molar-refractivity contribution is 7.17. The maximum atomic E-state index is 13.6. The highest BCUT2D eigenvalue weighted by Gasteiger charge is 2.48. The van der Waals surface area contributed by atoms with Gasteiger partial charge in [0.1, 0.15) is 16.4 Å². The van der Waals surface area contributed by atoms with Gasteiger partial charge in [0.15, 0.2) is 16.6 Å². The van der Waals surface area contributed by atoms with Crippen LogP contribution in [0.4, 0.5) is 5.13 Å². The minimum Gasteiger partial charge on any atom is -0.507 e. The SMILES string of the molecule is CCCCCOc1ccc(C2/C(=C(\O)c3cccc(OC)c3)C(=O)C(=O)N2c2nc(C)c(C(=O)OCC)s2)cc1OC. The molecule has 0 saturated carbocycles. The van der Waals surface area contributed by atoms with E-state index in [9.17, 15) is 19.5 Å². The number of unbranched alkanes of at least 4 members (excludes halogenated alkanes) is 2. The monoisotopic (exact) mass is 594 g/mol. The summed E-state index contributed by atoms with van der Waals surface area (Å²) >= 11 is 0.941. The van der Waals surface area contributed by atoms with Crippen LogP contribution < -0.4 is 19.1 Å². The molecule has 10 nitrogen and oxygen atoms in total. The van der Waals surface area contributed by atoms with Gasteiger partial charge in [-0.3, -0.25) is 14.5 Å². The van der Waals surface area contributed by atoms with Crippen molar-refractivity contribution in [2.24, 2.45) is 0 Å². The number of aryl methyl sites for hydroxylation is 1. The first kappa shape index (κ1) is 30.6. The summed E-state index contributed by atoms with van der Waals surface area (Å²) in [5.41, 5.74) is 0.984. The second-order valence-corrected chi connectivity index (χ2v) is 10.5. The molecule has 0 bridgehead atoms. The Labute approximate surface area is 248 Å². The van der Waals surface area contributed by atoms with Crippen LogP contribution >= 0.6 is 11.3 Å². The van der Waals surface area contributed by atoms with Crippen molar-refractivity contribution in [1.29, 1.82) is 0 Å². The number of ketones is 1. The minimum absolute atomic E-state index is 0.117. The standard InChI is InChI=1S/C31H34N2O8S/c1-6-8-9-15-41-22-14-13-19(17-23(22)39-5)25-24(26(34)20-11-10-12-21(16-20)38-4)27(35)29(36)33(25)31-32-18(3)28(42-31)30(37)40-7-2/h10-14,16-17,25,34H,6-9,15H2,1-5H3/b26-24+. The van der Waals surface area contributed by atoms with Gasteiger partial charge in [-0.1, -0.05) is 49.3 Å². The Morgan fingerprint density at radius 2 is 1.83 bits per heavy atom. The Kier molecular flexibility index (Phi) is 9.84. The molecule has 1 saturated heterocycles. The van der Waals surface area contributed by atoms with Gasteiger partial charge in [0.25, 0.3) is 5.78 Å². The third-order valence-electron chi connectivity index (χ3n) is 6.75. The van der Waals surface area contributed by atoms with Gasteiger partial charge in [-0.15, -0.1) is 0 Å². The Morgan fingerprint density at radius 3 is 2.52 bits per heavy atom. The lowest BCUT2D eigenvalue weighted by molar-refractivity contribution is -0.132. The van der Waals surface area contributed by atoms with E-state index in [1.54, 1.807) is 56.3 Å². The van der Waals surface area contributed by atoms with Gasteiger partial charge < -0.3 is 24.1 Å². The molecule has 1 unspecified atom stereocenters. The Morgan fingerprint density at radius 1 is 1.05 bits per heavy atom. The maximum Gasteiger partial charge on any atom is 0.350 e. The summed E-state index contributed by atoms with van der Waals surface area (Å²) < 4.78 is 22.0. The van der Waals surface area contributed by atoms with E-state index in [1.165, 1.54) is 19.1 Å². The molecule has 2 heterocycles. The van der Waals surface area contributed by atoms with Crippen LogP contribution in [0.3, 0.4) is 0 Å². The van der Waals surface area contributed by atoms with Crippen molar-refractivity contribution in [1.82, 2.24) is 4.98 Å². The molecule has 4 rings (SSSR count). The van der Waals surface area contributed by atoms with Crippen molar-refractivity contribution in [3.05, 3.63) is 69.7 Å². The number of rotatable bonds is 12. The zero-order valence-corrected chi connectivity index (χ0v) is 25.1. The quantitative estimate of drug-likeness (QED) is 0.0905. The fourth-order valence-electron chi connectivity index (χ4n) is 4.65. The summed E-state index contributed by atoms with van der Waals surface area (Å²) in [6.45, 7) is 6.10. The number of carbonyl (C=O) groups excluding carboxylic acids is 3. The van der Waals surface area contributed by atoms with Crippen LogP contribution in [0.25, 0.3) is 5.76 Å². The van der Waals surface area contributed by atoms with Gasteiger partial charge in [-0.2, -0.15) is 0 Å². The molecular formula is C31H34N2O8S. The lowest BCUT2D eigenvalue weighted by atomic mass is 9.95. The molecule has 1 aliphatic rings. The second kappa shape index (κ2) is 13.5. The molecule has 1 aromatic heterocycles. The number of aromatic nitrogens is 1. The number of hydrogen-bond acceptors (Lipinski definition) is 10. The minimum atomic E-state index is -1.08. The van der Waals surface area contributed by atoms with Gasteiger partial charge >= 0.3 is 11.9 Å². The number of aliphatic hydroxyl groups is 1. The number of hydrogen-bond donors (Lipinski definition) is 1. The zero-order valence-electron chi connectivity index (χ0n) is 24.3. The van der Waals surface area contributed by atoms with E-state index in [4.69, 9.17) is 18.9 Å². The summed E-state index contributed by atoms with van der Waals surface area (Å²) in [4.78, 5) is 45.6. The topological polar surface area (TPSA) is 124 Å². The van der Waals surface area contributed by atoms with E-state index >= 15 is 0 Å². The van der Waals surface area contributed by atoms with Crippen molar-refractivity contribution >= 4 is 39.9 Å². The molecule has 0 spiro atoms. The summed E-state index contributed by atoms with van der Waals surface area (Å²) in [5.74, 6) is -1.37. The number of nitrogens with zero attached hydrogens (tertiary/aromatic N) is 2. The number of thiazole rings is 1. The molecule has 1 fully saturated rings. The van der Waals surface area contributed by atoms with E-state index in [0.717, 1.165) is 30.6 Å². The molecule has 222 valence electrons. The molecule has 1 aliphatic heterocycles. The van der Waals surface area contributed by atoms with E-state index in [2.05, 4.69) is 11.9 Å². The molecule has 42 heavy (non-hydrogen) atoms. The van der Waals surface area contributed by atoms with Gasteiger partial charge in [-0.05, 0) is 50.1 Å². The summed E-state index contributed by atoms with van der Waals surface area (Å²) in [7, 11) is 2.99. The Hall–Kier alpha value is -4.38. The fourth-order valence-corrected chi connectivity index (χ4v) is 5.64. The molecule has 2 aromatic carbocycles. The highest BCUT2D eigenvalue weighted by Crippen LogP contribution is 2.45. The fraction of sp³-hybridized carbons (Fsp3) is 0.355. The molecule has 11 heteroatoms. The van der Waals surface area contributed by atoms with Gasteiger partial charge in [0, 0.05) is 5.56 Å². The van der Waals surface area contributed by atoms with Crippen molar-refractivity contribution in [2.75, 3.05) is 32.3 Å². The number of anilines is 1. The number of ether oxygens (including phenoxy) is 4. The molecule has 0 radical (unpaired) electrons. The lowest BCUT2D eigenvalue weighted by Gasteiger charge is -2.24. The number of amides is 1. The van der Waals surface area contributed by atoms with E-state index in [1.807, 2.05) is 0 Å². The summed E-state index contributed by atoms with van der Waals surface area (Å²) in [6, 6.07) is 10.6. The van der Waals surface area contributed by atoms with Gasteiger partial charge in [0.2, 0.25) is 0 Å². The average molecular weight is 595 g/mol. The van der Waals surface area contributed by atoms with Crippen LogP contribution in [0.1, 0.15) is 65.6 Å². The van der Waals surface area contributed by atoms with Crippen LogP contribution in [-0.2, 0) is 14.3 Å². The first-order chi connectivity index (χ1) is 20.2. The average Bonchev–Trinajstić information content (AvgIpc) is 3.51. The molecule has 1 amide bonds. The van der Waals surface area contributed by atoms with E-state index in [0.29, 0.717) is 40.7 Å².